The van der Waals surface area contributed by atoms with Gasteiger partial charge in [0.25, 0.3) is 0 Å². The Morgan fingerprint density at radius 2 is 1.71 bits per heavy atom. The summed E-state index contributed by atoms with van der Waals surface area (Å²) in [5.41, 5.74) is 0.895. The zero-order valence-corrected chi connectivity index (χ0v) is 13.3. The standard InChI is InChI=1S/C14H20N2O4S/c1-9(12(17)16-14(18)15-2)21-11-7-5-10(6-8-11)13(19-3)20-4/h5-9,13H,1-4H3,(H2,15,16,17,18). The maximum Gasteiger partial charge on any atom is 0.321 e. The van der Waals surface area contributed by atoms with Gasteiger partial charge in [0.15, 0.2) is 6.29 Å². The van der Waals surface area contributed by atoms with E-state index < -0.39 is 12.3 Å². The molecule has 21 heavy (non-hydrogen) atoms. The first-order valence-electron chi connectivity index (χ1n) is 6.36. The average Bonchev–Trinajstić information content (AvgIpc) is 2.49. The summed E-state index contributed by atoms with van der Waals surface area (Å²) in [6.45, 7) is 1.74. The Labute approximate surface area is 128 Å². The summed E-state index contributed by atoms with van der Waals surface area (Å²) in [5.74, 6) is -0.338. The predicted octanol–water partition coefficient (Wildman–Crippen LogP) is 1.91. The smallest absolute Gasteiger partial charge is 0.321 e. The molecule has 0 spiro atoms. The number of hydrogen-bond acceptors (Lipinski definition) is 5. The van der Waals surface area contributed by atoms with Crippen molar-refractivity contribution in [2.75, 3.05) is 21.3 Å². The summed E-state index contributed by atoms with van der Waals surface area (Å²) in [7, 11) is 4.60. The van der Waals surface area contributed by atoms with E-state index >= 15 is 0 Å². The number of rotatable bonds is 6. The fourth-order valence-electron chi connectivity index (χ4n) is 1.61. The van der Waals surface area contributed by atoms with Crippen LogP contribution in [0.25, 0.3) is 0 Å². The number of methoxy groups -OCH3 is 2. The van der Waals surface area contributed by atoms with E-state index in [1.807, 2.05) is 24.3 Å². The molecule has 0 saturated heterocycles. The topological polar surface area (TPSA) is 76.7 Å². The number of urea groups is 1. The quantitative estimate of drug-likeness (QED) is 0.620. The van der Waals surface area contributed by atoms with Crippen molar-refractivity contribution in [3.63, 3.8) is 0 Å². The van der Waals surface area contributed by atoms with Crippen molar-refractivity contribution in [2.24, 2.45) is 0 Å². The Hall–Kier alpha value is -1.57. The minimum atomic E-state index is -0.508. The highest BCUT2D eigenvalue weighted by Gasteiger charge is 2.17. The number of benzene rings is 1. The van der Waals surface area contributed by atoms with Gasteiger partial charge in [0.1, 0.15) is 0 Å². The zero-order valence-electron chi connectivity index (χ0n) is 12.5. The summed E-state index contributed by atoms with van der Waals surface area (Å²) < 4.78 is 10.3. The van der Waals surface area contributed by atoms with Crippen molar-refractivity contribution < 1.29 is 19.1 Å². The lowest BCUT2D eigenvalue weighted by Crippen LogP contribution is -2.41. The van der Waals surface area contributed by atoms with Gasteiger partial charge in [-0.05, 0) is 19.1 Å². The molecule has 0 aliphatic rings. The molecule has 0 aliphatic carbocycles. The van der Waals surface area contributed by atoms with Crippen LogP contribution < -0.4 is 10.6 Å². The van der Waals surface area contributed by atoms with Crippen molar-refractivity contribution in [3.8, 4) is 0 Å². The number of carbonyl (C=O) groups excluding carboxylic acids is 2. The van der Waals surface area contributed by atoms with Crippen LogP contribution in [-0.2, 0) is 14.3 Å². The molecule has 1 atom stereocenters. The highest BCUT2D eigenvalue weighted by molar-refractivity contribution is 8.00. The molecule has 0 radical (unpaired) electrons. The van der Waals surface area contributed by atoms with Gasteiger partial charge in [-0.2, -0.15) is 0 Å². The first-order valence-corrected chi connectivity index (χ1v) is 7.24. The highest BCUT2D eigenvalue weighted by Crippen LogP contribution is 2.26. The molecule has 116 valence electrons. The second-order valence-electron chi connectivity index (χ2n) is 4.20. The molecule has 6 nitrogen and oxygen atoms in total. The van der Waals surface area contributed by atoms with E-state index in [9.17, 15) is 9.59 Å². The summed E-state index contributed by atoms with van der Waals surface area (Å²) in [4.78, 5) is 23.8. The van der Waals surface area contributed by atoms with Gasteiger partial charge in [0.05, 0.1) is 5.25 Å². The van der Waals surface area contributed by atoms with Crippen LogP contribution in [-0.4, -0.2) is 38.5 Å². The van der Waals surface area contributed by atoms with E-state index in [2.05, 4.69) is 10.6 Å². The van der Waals surface area contributed by atoms with E-state index in [1.54, 1.807) is 21.1 Å². The fraction of sp³-hybridized carbons (Fsp3) is 0.429. The van der Waals surface area contributed by atoms with E-state index in [1.165, 1.54) is 18.8 Å². The number of imide groups is 1. The molecule has 0 aromatic heterocycles. The molecule has 3 amide bonds. The van der Waals surface area contributed by atoms with E-state index in [0.29, 0.717) is 0 Å². The van der Waals surface area contributed by atoms with Crippen molar-refractivity contribution in [1.29, 1.82) is 0 Å². The maximum absolute atomic E-state index is 11.8. The van der Waals surface area contributed by atoms with Crippen molar-refractivity contribution in [3.05, 3.63) is 29.8 Å². The molecule has 7 heteroatoms. The molecular weight excluding hydrogens is 292 g/mol. The van der Waals surface area contributed by atoms with Gasteiger partial charge in [-0.1, -0.05) is 12.1 Å². The van der Waals surface area contributed by atoms with Crippen LogP contribution in [0.15, 0.2) is 29.2 Å². The molecule has 0 heterocycles. The molecule has 1 unspecified atom stereocenters. The Morgan fingerprint density at radius 3 is 2.19 bits per heavy atom. The Kier molecular flexibility index (Phi) is 7.21. The monoisotopic (exact) mass is 312 g/mol. The minimum Gasteiger partial charge on any atom is -0.352 e. The van der Waals surface area contributed by atoms with Crippen molar-refractivity contribution in [2.45, 2.75) is 23.4 Å². The van der Waals surface area contributed by atoms with Crippen LogP contribution in [0.4, 0.5) is 4.79 Å². The molecule has 0 saturated carbocycles. The Bertz CT molecular complexity index is 474. The summed E-state index contributed by atoms with van der Waals surface area (Å²) in [6.07, 6.45) is -0.405. The van der Waals surface area contributed by atoms with Crippen LogP contribution in [0.5, 0.6) is 0 Å². The van der Waals surface area contributed by atoms with Gasteiger partial charge in [0, 0.05) is 31.7 Å². The third-order valence-corrected chi connectivity index (χ3v) is 3.84. The molecule has 2 N–H and O–H groups in total. The molecule has 1 aromatic carbocycles. The lowest BCUT2D eigenvalue weighted by Gasteiger charge is -2.15. The van der Waals surface area contributed by atoms with Crippen molar-refractivity contribution >= 4 is 23.7 Å². The lowest BCUT2D eigenvalue weighted by atomic mass is 10.2. The van der Waals surface area contributed by atoms with Gasteiger partial charge in [0.2, 0.25) is 5.91 Å². The predicted molar refractivity (Wildman–Crippen MR) is 81.1 cm³/mol. The van der Waals surface area contributed by atoms with Gasteiger partial charge >= 0.3 is 6.03 Å². The Balaban J connectivity index is 2.62. The number of carbonyl (C=O) groups is 2. The summed E-state index contributed by atoms with van der Waals surface area (Å²) >= 11 is 1.37. The third kappa shape index (κ3) is 5.37. The number of nitrogens with one attached hydrogen (secondary N) is 2. The molecule has 0 fully saturated rings. The van der Waals surface area contributed by atoms with E-state index in [0.717, 1.165) is 10.5 Å². The van der Waals surface area contributed by atoms with Gasteiger partial charge in [-0.3, -0.25) is 10.1 Å². The first kappa shape index (κ1) is 17.5. The van der Waals surface area contributed by atoms with Crippen LogP contribution >= 0.6 is 11.8 Å². The van der Waals surface area contributed by atoms with Crippen LogP contribution in [0.1, 0.15) is 18.8 Å². The van der Waals surface area contributed by atoms with E-state index in [-0.39, 0.29) is 11.2 Å². The van der Waals surface area contributed by atoms with Gasteiger partial charge in [-0.25, -0.2) is 4.79 Å². The maximum atomic E-state index is 11.8. The number of ether oxygens (including phenoxy) is 2. The zero-order chi connectivity index (χ0) is 15.8. The van der Waals surface area contributed by atoms with Crippen LogP contribution in [0.3, 0.4) is 0 Å². The summed E-state index contributed by atoms with van der Waals surface area (Å²) in [6, 6.07) is 7.02. The summed E-state index contributed by atoms with van der Waals surface area (Å²) in [5, 5.41) is 4.21. The third-order valence-electron chi connectivity index (χ3n) is 2.73. The first-order chi connectivity index (χ1) is 10.0. The molecule has 1 rings (SSSR count). The molecular formula is C14H20N2O4S. The minimum absolute atomic E-state index is 0.338. The Morgan fingerprint density at radius 1 is 1.14 bits per heavy atom. The SMILES string of the molecule is CNC(=O)NC(=O)C(C)Sc1ccc(C(OC)OC)cc1. The average molecular weight is 312 g/mol. The number of hydrogen-bond donors (Lipinski definition) is 2. The largest absolute Gasteiger partial charge is 0.352 e. The van der Waals surface area contributed by atoms with Crippen molar-refractivity contribution in [1.82, 2.24) is 10.6 Å². The van der Waals surface area contributed by atoms with Crippen LogP contribution in [0, 0.1) is 0 Å². The number of thioether (sulfide) groups is 1. The highest BCUT2D eigenvalue weighted by atomic mass is 32.2. The fourth-order valence-corrected chi connectivity index (χ4v) is 2.47. The number of amides is 3. The lowest BCUT2D eigenvalue weighted by molar-refractivity contribution is -0.119. The van der Waals surface area contributed by atoms with Gasteiger partial charge < -0.3 is 14.8 Å². The van der Waals surface area contributed by atoms with Crippen LogP contribution in [0.2, 0.25) is 0 Å². The molecule has 0 aliphatic heterocycles. The second-order valence-corrected chi connectivity index (χ2v) is 5.62. The molecule has 1 aromatic rings. The normalized spacial score (nSPS) is 12.0. The van der Waals surface area contributed by atoms with Gasteiger partial charge in [-0.15, -0.1) is 11.8 Å². The molecule has 0 bridgehead atoms. The second kappa shape index (κ2) is 8.66. The van der Waals surface area contributed by atoms with E-state index in [4.69, 9.17) is 9.47 Å².